The van der Waals surface area contributed by atoms with Crippen molar-refractivity contribution < 1.29 is 4.42 Å². The van der Waals surface area contributed by atoms with Gasteiger partial charge in [-0.1, -0.05) is 109 Å². The van der Waals surface area contributed by atoms with Crippen LogP contribution >= 0.6 is 11.3 Å². The molecular weight excluding hydrogens is 631 g/mol. The van der Waals surface area contributed by atoms with E-state index in [4.69, 9.17) is 19.4 Å². The predicted octanol–water partition coefficient (Wildman–Crippen LogP) is 12.6. The zero-order valence-corrected chi connectivity index (χ0v) is 27.4. The quantitative estimate of drug-likeness (QED) is 0.178. The van der Waals surface area contributed by atoms with Gasteiger partial charge in [0.1, 0.15) is 11.2 Å². The molecule has 232 valence electrons. The molecule has 5 heteroatoms. The summed E-state index contributed by atoms with van der Waals surface area (Å²) in [4.78, 5) is 15.4. The van der Waals surface area contributed by atoms with Crippen LogP contribution in [0.15, 0.2) is 156 Å². The van der Waals surface area contributed by atoms with E-state index in [0.717, 1.165) is 54.8 Å². The van der Waals surface area contributed by atoms with Gasteiger partial charge in [-0.3, -0.25) is 0 Å². The molecule has 8 aromatic carbocycles. The van der Waals surface area contributed by atoms with Crippen LogP contribution in [-0.2, 0) is 0 Å². The van der Waals surface area contributed by atoms with Gasteiger partial charge in [-0.2, -0.15) is 0 Å². The Hall–Kier alpha value is -6.43. The Morgan fingerprint density at radius 3 is 1.76 bits per heavy atom. The molecule has 0 aliphatic carbocycles. The van der Waals surface area contributed by atoms with Gasteiger partial charge in [0, 0.05) is 47.6 Å². The molecule has 0 bridgehead atoms. The van der Waals surface area contributed by atoms with Crippen LogP contribution in [0.5, 0.6) is 0 Å². The molecule has 3 heterocycles. The monoisotopic (exact) mass is 655 g/mol. The lowest BCUT2D eigenvalue weighted by molar-refractivity contribution is 0.669. The molecule has 3 aromatic heterocycles. The maximum Gasteiger partial charge on any atom is 0.164 e. The molecule has 0 unspecified atom stereocenters. The SMILES string of the molecule is c1ccc2c(c1)ccc1cc(-c3nc(-c4ccc5cc6c(cc5c4)oc4ccccc46)nc(-c4ccc5c(c4)sc4ccccc45)n3)ccc12. The highest BCUT2D eigenvalue weighted by molar-refractivity contribution is 7.25. The summed E-state index contributed by atoms with van der Waals surface area (Å²) in [6.07, 6.45) is 0. The minimum Gasteiger partial charge on any atom is -0.456 e. The largest absolute Gasteiger partial charge is 0.456 e. The topological polar surface area (TPSA) is 51.8 Å². The number of fused-ring (bicyclic) bond motifs is 10. The summed E-state index contributed by atoms with van der Waals surface area (Å²) in [6.45, 7) is 0. The van der Waals surface area contributed by atoms with Crippen LogP contribution in [0, 0.1) is 0 Å². The first-order chi connectivity index (χ1) is 24.7. The standard InChI is InChI=1S/C45H25N3OS/c1-2-8-33-26(7-1)13-15-28-21-30(17-19-34(28)33)44-46-43(47-45(48-44)31-18-20-37-36-10-4-6-12-41(36)50-42(37)25-31)29-16-14-27-23-38-35-9-3-5-11-39(35)49-40(38)24-32(27)22-29/h1-25H. The summed E-state index contributed by atoms with van der Waals surface area (Å²) in [6, 6.07) is 53.5. The van der Waals surface area contributed by atoms with Gasteiger partial charge >= 0.3 is 0 Å². The van der Waals surface area contributed by atoms with Gasteiger partial charge in [0.2, 0.25) is 0 Å². The molecule has 0 N–H and O–H groups in total. The van der Waals surface area contributed by atoms with Crippen LogP contribution in [0.3, 0.4) is 0 Å². The molecule has 50 heavy (non-hydrogen) atoms. The molecule has 0 aliphatic rings. The Balaban J connectivity index is 1.11. The first-order valence-electron chi connectivity index (χ1n) is 16.7. The van der Waals surface area contributed by atoms with Crippen LogP contribution in [0.2, 0.25) is 0 Å². The lowest BCUT2D eigenvalue weighted by Gasteiger charge is -2.11. The minimum absolute atomic E-state index is 0.631. The molecule has 0 saturated heterocycles. The molecule has 0 spiro atoms. The number of benzene rings is 8. The third kappa shape index (κ3) is 4.27. The third-order valence-electron chi connectivity index (χ3n) is 9.87. The summed E-state index contributed by atoms with van der Waals surface area (Å²) >= 11 is 1.80. The van der Waals surface area contributed by atoms with Crippen molar-refractivity contribution in [3.8, 4) is 34.2 Å². The van der Waals surface area contributed by atoms with E-state index in [1.807, 2.05) is 12.1 Å². The van der Waals surface area contributed by atoms with Crippen LogP contribution < -0.4 is 0 Å². The van der Waals surface area contributed by atoms with Crippen molar-refractivity contribution in [1.29, 1.82) is 0 Å². The summed E-state index contributed by atoms with van der Waals surface area (Å²) in [7, 11) is 0. The van der Waals surface area contributed by atoms with Crippen molar-refractivity contribution >= 4 is 85.8 Å². The molecule has 11 rings (SSSR count). The Morgan fingerprint density at radius 2 is 0.920 bits per heavy atom. The number of nitrogens with zero attached hydrogens (tertiary/aromatic N) is 3. The molecule has 0 atom stereocenters. The summed E-state index contributed by atoms with van der Waals surface area (Å²) in [5, 5.41) is 11.8. The van der Waals surface area contributed by atoms with E-state index in [1.54, 1.807) is 11.3 Å². The van der Waals surface area contributed by atoms with Crippen LogP contribution in [0.1, 0.15) is 0 Å². The van der Waals surface area contributed by atoms with Crippen molar-refractivity contribution in [2.24, 2.45) is 0 Å². The minimum atomic E-state index is 0.631. The maximum absolute atomic E-state index is 6.24. The van der Waals surface area contributed by atoms with Gasteiger partial charge < -0.3 is 4.42 Å². The first kappa shape index (κ1) is 27.5. The van der Waals surface area contributed by atoms with Crippen LogP contribution in [-0.4, -0.2) is 15.0 Å². The zero-order chi connectivity index (χ0) is 32.8. The average Bonchev–Trinajstić information content (AvgIpc) is 3.73. The van der Waals surface area contributed by atoms with Crippen molar-refractivity contribution in [2.75, 3.05) is 0 Å². The van der Waals surface area contributed by atoms with Gasteiger partial charge in [-0.25, -0.2) is 15.0 Å². The second-order valence-corrected chi connectivity index (χ2v) is 13.9. The maximum atomic E-state index is 6.24. The van der Waals surface area contributed by atoms with Gasteiger partial charge in [0.05, 0.1) is 0 Å². The van der Waals surface area contributed by atoms with E-state index in [9.17, 15) is 0 Å². The van der Waals surface area contributed by atoms with E-state index in [2.05, 4.69) is 140 Å². The lowest BCUT2D eigenvalue weighted by Crippen LogP contribution is -2.00. The van der Waals surface area contributed by atoms with E-state index in [1.165, 1.54) is 36.3 Å². The average molecular weight is 656 g/mol. The highest BCUT2D eigenvalue weighted by Crippen LogP contribution is 2.38. The van der Waals surface area contributed by atoms with Crippen LogP contribution in [0.25, 0.3) is 109 Å². The van der Waals surface area contributed by atoms with E-state index >= 15 is 0 Å². The summed E-state index contributed by atoms with van der Waals surface area (Å²) in [5.41, 5.74) is 4.60. The Morgan fingerprint density at radius 1 is 0.340 bits per heavy atom. The van der Waals surface area contributed by atoms with E-state index in [0.29, 0.717) is 17.5 Å². The number of rotatable bonds is 3. The smallest absolute Gasteiger partial charge is 0.164 e. The number of furan rings is 1. The molecule has 0 aliphatic heterocycles. The molecular formula is C45H25N3OS. The molecule has 0 saturated carbocycles. The molecule has 0 radical (unpaired) electrons. The third-order valence-corrected chi connectivity index (χ3v) is 11.0. The fraction of sp³-hybridized carbons (Fsp3) is 0. The highest BCUT2D eigenvalue weighted by atomic mass is 32.1. The van der Waals surface area contributed by atoms with Gasteiger partial charge in [0.15, 0.2) is 17.5 Å². The fourth-order valence-corrected chi connectivity index (χ4v) is 8.53. The van der Waals surface area contributed by atoms with Crippen LogP contribution in [0.4, 0.5) is 0 Å². The molecule has 4 nitrogen and oxygen atoms in total. The number of hydrogen-bond donors (Lipinski definition) is 0. The van der Waals surface area contributed by atoms with Crippen molar-refractivity contribution in [3.63, 3.8) is 0 Å². The van der Waals surface area contributed by atoms with E-state index in [-0.39, 0.29) is 0 Å². The van der Waals surface area contributed by atoms with Crippen molar-refractivity contribution in [2.45, 2.75) is 0 Å². The second-order valence-electron chi connectivity index (χ2n) is 12.8. The van der Waals surface area contributed by atoms with Gasteiger partial charge in [-0.05, 0) is 74.8 Å². The number of thiophene rings is 1. The highest BCUT2D eigenvalue weighted by Gasteiger charge is 2.16. The summed E-state index contributed by atoms with van der Waals surface area (Å²) in [5.74, 6) is 1.92. The molecule has 0 fully saturated rings. The summed E-state index contributed by atoms with van der Waals surface area (Å²) < 4.78 is 8.73. The zero-order valence-electron chi connectivity index (χ0n) is 26.6. The number of aromatic nitrogens is 3. The number of hydrogen-bond acceptors (Lipinski definition) is 5. The Bertz CT molecular complexity index is 3170. The fourth-order valence-electron chi connectivity index (χ4n) is 7.39. The Kier molecular flexibility index (Phi) is 5.80. The predicted molar refractivity (Wildman–Crippen MR) is 209 cm³/mol. The molecule has 0 amide bonds. The Labute approximate surface area is 289 Å². The van der Waals surface area contributed by atoms with Crippen molar-refractivity contribution in [1.82, 2.24) is 15.0 Å². The normalized spacial score (nSPS) is 12.0. The lowest BCUT2D eigenvalue weighted by atomic mass is 10.00. The van der Waals surface area contributed by atoms with E-state index < -0.39 is 0 Å². The second kappa shape index (κ2) is 10.5. The van der Waals surface area contributed by atoms with Crippen molar-refractivity contribution in [3.05, 3.63) is 152 Å². The van der Waals surface area contributed by atoms with Gasteiger partial charge in [-0.15, -0.1) is 11.3 Å². The number of para-hydroxylation sites is 1. The first-order valence-corrected chi connectivity index (χ1v) is 17.5. The molecule has 11 aromatic rings. The van der Waals surface area contributed by atoms with Gasteiger partial charge in [0.25, 0.3) is 0 Å².